The second-order valence-electron chi connectivity index (χ2n) is 14.0. The van der Waals surface area contributed by atoms with E-state index in [2.05, 4.69) is 20.8 Å². The smallest absolute Gasteiger partial charge is 0.00647 e. The maximum absolute atomic E-state index is 6.51. The summed E-state index contributed by atoms with van der Waals surface area (Å²) in [5.41, 5.74) is 26.2. The fraction of sp³-hybridized carbons (Fsp3) is 1.00. The molecule has 6 unspecified atom stereocenters. The zero-order valence-corrected chi connectivity index (χ0v) is 22.8. The van der Waals surface area contributed by atoms with Crippen LogP contribution in [0.5, 0.6) is 0 Å². The van der Waals surface area contributed by atoms with Crippen LogP contribution in [-0.4, -0.2) is 24.2 Å². The summed E-state index contributed by atoms with van der Waals surface area (Å²) in [5, 5.41) is 0. The molecule has 0 spiro atoms. The van der Waals surface area contributed by atoms with Crippen molar-refractivity contribution in [2.75, 3.05) is 0 Å². The normalized spacial score (nSPS) is 47.0. The van der Waals surface area contributed by atoms with Crippen molar-refractivity contribution in [1.29, 1.82) is 0 Å². The molecule has 4 fully saturated rings. The van der Waals surface area contributed by atoms with Crippen molar-refractivity contribution in [2.24, 2.45) is 69.8 Å². The van der Waals surface area contributed by atoms with Crippen LogP contribution in [0.2, 0.25) is 0 Å². The van der Waals surface area contributed by atoms with Gasteiger partial charge in [-0.25, -0.2) is 0 Å². The van der Waals surface area contributed by atoms with E-state index in [1.807, 2.05) is 0 Å². The third-order valence-electron chi connectivity index (χ3n) is 11.8. The second kappa shape index (κ2) is 11.5. The van der Waals surface area contributed by atoms with Gasteiger partial charge in [0.1, 0.15) is 0 Å². The van der Waals surface area contributed by atoms with Gasteiger partial charge in [0.05, 0.1) is 0 Å². The lowest BCUT2D eigenvalue weighted by Crippen LogP contribution is -2.47. The average Bonchev–Trinajstić information content (AvgIpc) is 2.82. The van der Waals surface area contributed by atoms with Gasteiger partial charge in [-0.3, -0.25) is 0 Å². The Kier molecular flexibility index (Phi) is 9.08. The zero-order chi connectivity index (χ0) is 24.5. The van der Waals surface area contributed by atoms with Gasteiger partial charge in [-0.2, -0.15) is 0 Å². The Labute approximate surface area is 211 Å². The molecule has 4 nitrogen and oxygen atoms in total. The molecule has 0 aliphatic heterocycles. The molecule has 0 aromatic carbocycles. The van der Waals surface area contributed by atoms with Crippen molar-refractivity contribution in [3.05, 3.63) is 0 Å². The summed E-state index contributed by atoms with van der Waals surface area (Å²) in [5.74, 6) is 5.52. The molecule has 4 aliphatic rings. The first-order chi connectivity index (χ1) is 16.2. The third kappa shape index (κ3) is 6.03. The fourth-order valence-corrected chi connectivity index (χ4v) is 9.15. The Morgan fingerprint density at radius 3 is 1.32 bits per heavy atom. The summed E-state index contributed by atoms with van der Waals surface area (Å²) >= 11 is 0. The summed E-state index contributed by atoms with van der Waals surface area (Å²) in [4.78, 5) is 0. The predicted molar refractivity (Wildman–Crippen MR) is 145 cm³/mol. The van der Waals surface area contributed by atoms with Crippen LogP contribution in [0.4, 0.5) is 0 Å². The first kappa shape index (κ1) is 26.9. The van der Waals surface area contributed by atoms with Crippen LogP contribution in [0.25, 0.3) is 0 Å². The zero-order valence-electron chi connectivity index (χ0n) is 22.8. The van der Waals surface area contributed by atoms with Gasteiger partial charge < -0.3 is 22.9 Å². The molecular formula is C30H58N4. The Hall–Kier alpha value is -0.160. The molecule has 4 heteroatoms. The Balaban J connectivity index is 1.60. The van der Waals surface area contributed by atoms with Crippen molar-refractivity contribution in [2.45, 2.75) is 141 Å². The maximum Gasteiger partial charge on any atom is 0.00647 e. The van der Waals surface area contributed by atoms with Crippen molar-refractivity contribution < 1.29 is 0 Å². The van der Waals surface area contributed by atoms with Crippen molar-refractivity contribution in [3.8, 4) is 0 Å². The molecule has 198 valence electrons. The van der Waals surface area contributed by atoms with E-state index in [0.29, 0.717) is 41.4 Å². The summed E-state index contributed by atoms with van der Waals surface area (Å²) in [7, 11) is 0. The van der Waals surface area contributed by atoms with Crippen LogP contribution in [0.3, 0.4) is 0 Å². The van der Waals surface area contributed by atoms with Crippen LogP contribution in [0.15, 0.2) is 0 Å². The lowest BCUT2D eigenvalue weighted by atomic mass is 9.53. The molecule has 4 saturated carbocycles. The average molecular weight is 475 g/mol. The van der Waals surface area contributed by atoms with E-state index < -0.39 is 0 Å². The number of hydrogen-bond donors (Lipinski definition) is 4. The quantitative estimate of drug-likeness (QED) is 0.404. The molecule has 4 aliphatic carbocycles. The third-order valence-corrected chi connectivity index (χ3v) is 11.8. The lowest BCUT2D eigenvalue weighted by Gasteiger charge is -2.53. The van der Waals surface area contributed by atoms with Crippen LogP contribution < -0.4 is 22.9 Å². The molecule has 34 heavy (non-hydrogen) atoms. The monoisotopic (exact) mass is 474 g/mol. The number of nitrogens with two attached hydrogens (primary N) is 4. The van der Waals surface area contributed by atoms with E-state index >= 15 is 0 Å². The van der Waals surface area contributed by atoms with Gasteiger partial charge in [0.2, 0.25) is 0 Å². The van der Waals surface area contributed by atoms with Gasteiger partial charge in [0.15, 0.2) is 0 Å². The van der Waals surface area contributed by atoms with Gasteiger partial charge in [0.25, 0.3) is 0 Å². The van der Waals surface area contributed by atoms with E-state index in [1.54, 1.807) is 0 Å². The minimum absolute atomic E-state index is 0.404. The second-order valence-corrected chi connectivity index (χ2v) is 14.0. The summed E-state index contributed by atoms with van der Waals surface area (Å²) in [6, 6.07) is 1.66. The van der Waals surface area contributed by atoms with E-state index in [-0.39, 0.29) is 0 Å². The largest absolute Gasteiger partial charge is 0.328 e. The molecule has 8 N–H and O–H groups in total. The van der Waals surface area contributed by atoms with E-state index in [4.69, 9.17) is 22.9 Å². The minimum Gasteiger partial charge on any atom is -0.328 e. The molecule has 0 saturated heterocycles. The van der Waals surface area contributed by atoms with E-state index in [9.17, 15) is 0 Å². The van der Waals surface area contributed by atoms with Gasteiger partial charge in [-0.1, -0.05) is 20.8 Å². The topological polar surface area (TPSA) is 104 Å². The first-order valence-electron chi connectivity index (χ1n) is 15.2. The van der Waals surface area contributed by atoms with Gasteiger partial charge >= 0.3 is 0 Å². The Morgan fingerprint density at radius 2 is 0.971 bits per heavy atom. The van der Waals surface area contributed by atoms with Crippen molar-refractivity contribution in [1.82, 2.24) is 0 Å². The van der Waals surface area contributed by atoms with Crippen molar-refractivity contribution >= 4 is 0 Å². The Morgan fingerprint density at radius 1 is 0.588 bits per heavy atom. The Bertz CT molecular complexity index is 573. The predicted octanol–water partition coefficient (Wildman–Crippen LogP) is 5.56. The highest BCUT2D eigenvalue weighted by Gasteiger charge is 2.48. The van der Waals surface area contributed by atoms with Gasteiger partial charge in [0, 0.05) is 24.2 Å². The van der Waals surface area contributed by atoms with Gasteiger partial charge in [-0.05, 0) is 143 Å². The highest BCUT2D eigenvalue weighted by Crippen LogP contribution is 2.56. The standard InChI is InChI=1S/C30H58N4/c1-19-16-21(4-14-28(19)33)27(22-5-15-29(34)20(2)17-22)18-30(3,23-6-10-25(31)11-7-23)24-8-12-26(32)13-9-24/h19-29H,4-18,31-34H2,1-3H3. The van der Waals surface area contributed by atoms with Gasteiger partial charge in [-0.15, -0.1) is 0 Å². The summed E-state index contributed by atoms with van der Waals surface area (Å²) < 4.78 is 0. The highest BCUT2D eigenvalue weighted by molar-refractivity contribution is 4.99. The molecule has 4 rings (SSSR count). The molecular weight excluding hydrogens is 416 g/mol. The molecule has 0 aromatic rings. The number of hydrogen-bond acceptors (Lipinski definition) is 4. The van der Waals surface area contributed by atoms with Crippen LogP contribution >= 0.6 is 0 Å². The summed E-state index contributed by atoms with van der Waals surface area (Å²) in [6.07, 6.45) is 19.5. The number of rotatable bonds is 6. The lowest BCUT2D eigenvalue weighted by molar-refractivity contribution is -0.0250. The van der Waals surface area contributed by atoms with Crippen LogP contribution in [0.1, 0.15) is 117 Å². The minimum atomic E-state index is 0.404. The molecule has 0 amide bonds. The highest BCUT2D eigenvalue weighted by atomic mass is 14.7. The van der Waals surface area contributed by atoms with Crippen LogP contribution in [-0.2, 0) is 0 Å². The van der Waals surface area contributed by atoms with Crippen molar-refractivity contribution in [3.63, 3.8) is 0 Å². The molecule has 0 aromatic heterocycles. The van der Waals surface area contributed by atoms with Crippen LogP contribution in [0, 0.1) is 46.8 Å². The maximum atomic E-state index is 6.51. The SMILES string of the molecule is CC1CC(C(CC(C)(C2CCC(N)CC2)C2CCC(N)CC2)C2CCC(N)C(C)C2)CCC1N. The molecule has 0 bridgehead atoms. The molecule has 0 radical (unpaired) electrons. The first-order valence-corrected chi connectivity index (χ1v) is 15.2. The molecule has 6 atom stereocenters. The fourth-order valence-electron chi connectivity index (χ4n) is 9.15. The summed E-state index contributed by atoms with van der Waals surface area (Å²) in [6.45, 7) is 7.55. The van der Waals surface area contributed by atoms with E-state index in [1.165, 1.54) is 96.3 Å². The van der Waals surface area contributed by atoms with E-state index in [0.717, 1.165) is 29.6 Å². The molecule has 0 heterocycles.